The summed E-state index contributed by atoms with van der Waals surface area (Å²) in [4.78, 5) is 19.5. The molecule has 0 atom stereocenters. The number of nitrogens with one attached hydrogen (secondary N) is 1. The van der Waals surface area contributed by atoms with Gasteiger partial charge in [-0.1, -0.05) is 22.9 Å². The summed E-state index contributed by atoms with van der Waals surface area (Å²) in [5.74, 6) is 0.177. The van der Waals surface area contributed by atoms with E-state index in [1.807, 2.05) is 6.26 Å². The normalized spacial score (nSPS) is 10.6. The van der Waals surface area contributed by atoms with Crippen molar-refractivity contribution in [3.05, 3.63) is 29.4 Å². The molecule has 0 saturated heterocycles. The summed E-state index contributed by atoms with van der Waals surface area (Å²) in [7, 11) is 0. The van der Waals surface area contributed by atoms with Gasteiger partial charge < -0.3 is 5.32 Å². The third kappa shape index (κ3) is 3.91. The van der Waals surface area contributed by atoms with Gasteiger partial charge in [-0.25, -0.2) is 9.37 Å². The number of halogens is 2. The van der Waals surface area contributed by atoms with Crippen molar-refractivity contribution in [2.75, 3.05) is 17.3 Å². The molecule has 0 radical (unpaired) electrons. The smallest absolute Gasteiger partial charge is 0.225 e. The minimum Gasteiger partial charge on any atom is -0.315 e. The molecule has 1 N–H and O–H groups in total. The quantitative estimate of drug-likeness (QED) is 0.907. The summed E-state index contributed by atoms with van der Waals surface area (Å²) in [5.41, 5.74) is 0.529. The van der Waals surface area contributed by atoms with Crippen LogP contribution in [0.4, 0.5) is 9.39 Å². The summed E-state index contributed by atoms with van der Waals surface area (Å²) < 4.78 is 13.1. The van der Waals surface area contributed by atoms with Crippen LogP contribution in [0, 0.1) is 5.82 Å². The van der Waals surface area contributed by atoms with Crippen LogP contribution < -0.4 is 5.32 Å². The van der Waals surface area contributed by atoms with E-state index < -0.39 is 5.82 Å². The number of amides is 1. The van der Waals surface area contributed by atoms with Crippen LogP contribution in [0.15, 0.2) is 18.5 Å². The van der Waals surface area contributed by atoms with E-state index in [4.69, 9.17) is 11.6 Å². The van der Waals surface area contributed by atoms with E-state index in [1.165, 1.54) is 23.6 Å². The first-order chi connectivity index (χ1) is 9.60. The molecule has 2 aromatic rings. The van der Waals surface area contributed by atoms with Crippen molar-refractivity contribution in [1.29, 1.82) is 0 Å². The zero-order chi connectivity index (χ0) is 14.5. The Kier molecular flexibility index (Phi) is 5.33. The molecule has 2 heterocycles. The molecule has 0 saturated carbocycles. The van der Waals surface area contributed by atoms with Crippen molar-refractivity contribution in [3.63, 3.8) is 0 Å². The Bertz CT molecular complexity index is 620. The second-order valence-electron chi connectivity index (χ2n) is 3.82. The van der Waals surface area contributed by atoms with Crippen molar-refractivity contribution in [2.45, 2.75) is 6.42 Å². The maximum atomic E-state index is 13.1. The molecule has 0 fully saturated rings. The minimum atomic E-state index is -0.445. The van der Waals surface area contributed by atoms with Crippen LogP contribution in [-0.2, 0) is 4.79 Å². The SMILES string of the molecule is CSCCC(=O)Nc1sc(-c2cncc(F)c2)nc1Cl. The Labute approximate surface area is 128 Å². The zero-order valence-electron chi connectivity index (χ0n) is 10.5. The molecule has 0 spiro atoms. The second-order valence-corrected chi connectivity index (χ2v) is 6.16. The summed E-state index contributed by atoms with van der Waals surface area (Å²) in [6, 6.07) is 1.32. The standard InChI is InChI=1S/C12H11ClFN3OS2/c1-19-3-2-9(18)16-12-10(13)17-11(20-12)7-4-8(14)6-15-5-7/h4-6H,2-3H2,1H3,(H,16,18). The molecular formula is C12H11ClFN3OS2. The van der Waals surface area contributed by atoms with Gasteiger partial charge in [0, 0.05) is 23.9 Å². The maximum Gasteiger partial charge on any atom is 0.225 e. The van der Waals surface area contributed by atoms with Crippen molar-refractivity contribution in [2.24, 2.45) is 0 Å². The molecule has 0 aliphatic heterocycles. The molecular weight excluding hydrogens is 321 g/mol. The first-order valence-electron chi connectivity index (χ1n) is 5.66. The molecule has 20 heavy (non-hydrogen) atoms. The van der Waals surface area contributed by atoms with Gasteiger partial charge in [-0.2, -0.15) is 11.8 Å². The highest BCUT2D eigenvalue weighted by atomic mass is 35.5. The molecule has 106 valence electrons. The number of carbonyl (C=O) groups is 1. The van der Waals surface area contributed by atoms with Gasteiger partial charge in [-0.05, 0) is 12.3 Å². The highest BCUT2D eigenvalue weighted by Gasteiger charge is 2.14. The van der Waals surface area contributed by atoms with Crippen molar-refractivity contribution in [1.82, 2.24) is 9.97 Å². The molecule has 0 unspecified atom stereocenters. The van der Waals surface area contributed by atoms with E-state index in [2.05, 4.69) is 15.3 Å². The van der Waals surface area contributed by atoms with E-state index >= 15 is 0 Å². The van der Waals surface area contributed by atoms with Crippen LogP contribution in [0.2, 0.25) is 5.15 Å². The first kappa shape index (κ1) is 15.2. The molecule has 0 bridgehead atoms. The lowest BCUT2D eigenvalue weighted by atomic mass is 10.3. The summed E-state index contributed by atoms with van der Waals surface area (Å²) in [6.45, 7) is 0. The summed E-state index contributed by atoms with van der Waals surface area (Å²) in [5, 5.41) is 3.89. The van der Waals surface area contributed by atoms with Crippen LogP contribution in [0.25, 0.3) is 10.6 Å². The third-order valence-electron chi connectivity index (χ3n) is 2.32. The van der Waals surface area contributed by atoms with E-state index in [0.29, 0.717) is 22.0 Å². The van der Waals surface area contributed by atoms with Gasteiger partial charge in [-0.3, -0.25) is 9.78 Å². The Hall–Kier alpha value is -1.18. The van der Waals surface area contributed by atoms with Gasteiger partial charge in [0.15, 0.2) is 5.15 Å². The lowest BCUT2D eigenvalue weighted by molar-refractivity contribution is -0.115. The molecule has 0 aliphatic rings. The van der Waals surface area contributed by atoms with Crippen LogP contribution in [0.1, 0.15) is 6.42 Å². The van der Waals surface area contributed by atoms with Crippen LogP contribution in [0.5, 0.6) is 0 Å². The zero-order valence-corrected chi connectivity index (χ0v) is 12.9. The molecule has 1 amide bonds. The van der Waals surface area contributed by atoms with E-state index in [0.717, 1.165) is 11.9 Å². The fourth-order valence-electron chi connectivity index (χ4n) is 1.41. The Morgan fingerprint density at radius 1 is 1.55 bits per heavy atom. The Morgan fingerprint density at radius 2 is 2.35 bits per heavy atom. The van der Waals surface area contributed by atoms with Gasteiger partial charge in [0.05, 0.1) is 6.20 Å². The number of hydrogen-bond acceptors (Lipinski definition) is 5. The highest BCUT2D eigenvalue weighted by molar-refractivity contribution is 7.98. The number of carbonyl (C=O) groups excluding carboxylic acids is 1. The molecule has 0 aliphatic carbocycles. The lowest BCUT2D eigenvalue weighted by Crippen LogP contribution is -2.11. The number of nitrogens with zero attached hydrogens (tertiary/aromatic N) is 2. The number of thiazole rings is 1. The molecule has 2 rings (SSSR count). The number of rotatable bonds is 5. The summed E-state index contributed by atoms with van der Waals surface area (Å²) in [6.07, 6.45) is 4.95. The topological polar surface area (TPSA) is 54.9 Å². The van der Waals surface area contributed by atoms with Gasteiger partial charge in [0.2, 0.25) is 5.91 Å². The average molecular weight is 332 g/mol. The van der Waals surface area contributed by atoms with Crippen molar-refractivity contribution in [3.8, 4) is 10.6 Å². The third-order valence-corrected chi connectivity index (χ3v) is 4.34. The van der Waals surface area contributed by atoms with Crippen LogP contribution in [-0.4, -0.2) is 27.9 Å². The molecule has 0 aromatic carbocycles. The van der Waals surface area contributed by atoms with Gasteiger partial charge in [-0.15, -0.1) is 0 Å². The summed E-state index contributed by atoms with van der Waals surface area (Å²) >= 11 is 8.76. The second kappa shape index (κ2) is 7.01. The van der Waals surface area contributed by atoms with E-state index in [1.54, 1.807) is 11.8 Å². The minimum absolute atomic E-state index is 0.117. The predicted octanol–water partition coefficient (Wildman–Crippen LogP) is 3.69. The van der Waals surface area contributed by atoms with Gasteiger partial charge in [0.1, 0.15) is 15.8 Å². The maximum absolute atomic E-state index is 13.1. The van der Waals surface area contributed by atoms with E-state index in [9.17, 15) is 9.18 Å². The Morgan fingerprint density at radius 3 is 3.05 bits per heavy atom. The predicted molar refractivity (Wildman–Crippen MR) is 81.9 cm³/mol. The highest BCUT2D eigenvalue weighted by Crippen LogP contribution is 2.35. The van der Waals surface area contributed by atoms with Gasteiger partial charge in [0.25, 0.3) is 0 Å². The lowest BCUT2D eigenvalue weighted by Gasteiger charge is -2.00. The van der Waals surface area contributed by atoms with Gasteiger partial charge >= 0.3 is 0 Å². The molecule has 2 aromatic heterocycles. The van der Waals surface area contributed by atoms with Crippen LogP contribution >= 0.6 is 34.7 Å². The number of anilines is 1. The monoisotopic (exact) mass is 331 g/mol. The number of hydrogen-bond donors (Lipinski definition) is 1. The number of thioether (sulfide) groups is 1. The van der Waals surface area contributed by atoms with Crippen LogP contribution in [0.3, 0.4) is 0 Å². The first-order valence-corrected chi connectivity index (χ1v) is 8.25. The number of aromatic nitrogens is 2. The Balaban J connectivity index is 2.15. The molecule has 8 heteroatoms. The fourth-order valence-corrected chi connectivity index (χ4v) is 2.96. The fraction of sp³-hybridized carbons (Fsp3) is 0.250. The van der Waals surface area contributed by atoms with Crippen molar-refractivity contribution >= 4 is 45.6 Å². The van der Waals surface area contributed by atoms with Crippen molar-refractivity contribution < 1.29 is 9.18 Å². The average Bonchev–Trinajstić information content (AvgIpc) is 2.78. The largest absolute Gasteiger partial charge is 0.315 e. The van der Waals surface area contributed by atoms with E-state index in [-0.39, 0.29) is 11.1 Å². The molecule has 4 nitrogen and oxygen atoms in total. The number of pyridine rings is 1.